The van der Waals surface area contributed by atoms with E-state index in [1.54, 1.807) is 4.90 Å². The van der Waals surface area contributed by atoms with Gasteiger partial charge in [0.25, 0.3) is 0 Å². The predicted octanol–water partition coefficient (Wildman–Crippen LogP) is 1.28. The van der Waals surface area contributed by atoms with E-state index in [-0.39, 0.29) is 5.91 Å². The number of anilines is 1. The summed E-state index contributed by atoms with van der Waals surface area (Å²) in [7, 11) is 1.85. The van der Waals surface area contributed by atoms with Gasteiger partial charge in [0.05, 0.1) is 6.42 Å². The molecule has 1 aromatic carbocycles. The molecule has 1 atom stereocenters. The van der Waals surface area contributed by atoms with Gasteiger partial charge >= 0.3 is 0 Å². The van der Waals surface area contributed by atoms with E-state index < -0.39 is 0 Å². The molecule has 0 bridgehead atoms. The van der Waals surface area contributed by atoms with Crippen molar-refractivity contribution in [3.8, 4) is 0 Å². The molecule has 2 heterocycles. The van der Waals surface area contributed by atoms with E-state index in [9.17, 15) is 4.79 Å². The van der Waals surface area contributed by atoms with Gasteiger partial charge in [0, 0.05) is 19.3 Å². The van der Waals surface area contributed by atoms with Crippen molar-refractivity contribution < 1.29 is 4.79 Å². The molecule has 0 spiro atoms. The van der Waals surface area contributed by atoms with Crippen LogP contribution in [-0.4, -0.2) is 26.0 Å². The third kappa shape index (κ3) is 1.43. The van der Waals surface area contributed by atoms with Gasteiger partial charge in [-0.15, -0.1) is 0 Å². The number of hydrogen-bond donors (Lipinski definition) is 1. The molecule has 0 aliphatic carbocycles. The lowest BCUT2D eigenvalue weighted by molar-refractivity contribution is -0.117. The molecule has 1 unspecified atom stereocenters. The van der Waals surface area contributed by atoms with Gasteiger partial charge in [-0.2, -0.15) is 0 Å². The lowest BCUT2D eigenvalue weighted by Gasteiger charge is -2.13. The molecule has 1 amide bonds. The molecule has 2 aliphatic rings. The molecule has 0 aromatic heterocycles. The van der Waals surface area contributed by atoms with Gasteiger partial charge in [-0.3, -0.25) is 4.79 Å². The van der Waals surface area contributed by atoms with E-state index in [0.717, 1.165) is 18.8 Å². The van der Waals surface area contributed by atoms with Crippen LogP contribution in [0.3, 0.4) is 0 Å². The number of likely N-dealkylation sites (N-methyl/N-ethyl adjacent to an activating group) is 1. The first-order valence-electron chi connectivity index (χ1n) is 5.86. The Balaban J connectivity index is 1.94. The number of amides is 1. The maximum absolute atomic E-state index is 11.6. The average Bonchev–Trinajstić information content (AvgIpc) is 2.88. The number of benzene rings is 1. The molecular weight excluding hydrogens is 200 g/mol. The molecule has 0 saturated carbocycles. The van der Waals surface area contributed by atoms with Crippen LogP contribution in [-0.2, 0) is 11.2 Å². The van der Waals surface area contributed by atoms with Crippen LogP contribution in [0, 0.1) is 0 Å². The molecule has 0 radical (unpaired) electrons. The zero-order chi connectivity index (χ0) is 11.1. The Morgan fingerprint density at radius 2 is 2.31 bits per heavy atom. The van der Waals surface area contributed by atoms with Gasteiger partial charge in [-0.1, -0.05) is 12.1 Å². The molecule has 16 heavy (non-hydrogen) atoms. The Bertz CT molecular complexity index is 436. The minimum Gasteiger partial charge on any atom is -0.316 e. The van der Waals surface area contributed by atoms with Crippen LogP contribution in [0.25, 0.3) is 0 Å². The Hall–Kier alpha value is -1.35. The summed E-state index contributed by atoms with van der Waals surface area (Å²) in [5.41, 5.74) is 3.66. The van der Waals surface area contributed by atoms with Crippen LogP contribution in [0.1, 0.15) is 23.5 Å². The number of carbonyl (C=O) groups excluding carboxylic acids is 1. The SMILES string of the molecule is CN1C(=O)Cc2cc(C3CCNC3)ccc21. The predicted molar refractivity (Wildman–Crippen MR) is 63.8 cm³/mol. The molecule has 3 heteroatoms. The van der Waals surface area contributed by atoms with Crippen LogP contribution in [0.5, 0.6) is 0 Å². The Labute approximate surface area is 95.4 Å². The van der Waals surface area contributed by atoms with Gasteiger partial charge in [0.2, 0.25) is 5.91 Å². The molecule has 1 aromatic rings. The highest BCUT2D eigenvalue weighted by atomic mass is 16.2. The largest absolute Gasteiger partial charge is 0.316 e. The Morgan fingerprint density at radius 1 is 1.44 bits per heavy atom. The second-order valence-electron chi connectivity index (χ2n) is 4.71. The van der Waals surface area contributed by atoms with Crippen molar-refractivity contribution in [1.29, 1.82) is 0 Å². The number of rotatable bonds is 1. The van der Waals surface area contributed by atoms with E-state index in [4.69, 9.17) is 0 Å². The number of fused-ring (bicyclic) bond motifs is 1. The summed E-state index contributed by atoms with van der Waals surface area (Å²) in [5, 5.41) is 3.38. The van der Waals surface area contributed by atoms with E-state index in [1.807, 2.05) is 7.05 Å². The molecular formula is C13H16N2O. The fourth-order valence-electron chi connectivity index (χ4n) is 2.68. The van der Waals surface area contributed by atoms with Gasteiger partial charge in [-0.25, -0.2) is 0 Å². The summed E-state index contributed by atoms with van der Waals surface area (Å²) in [6, 6.07) is 6.48. The lowest BCUT2D eigenvalue weighted by Crippen LogP contribution is -2.20. The minimum absolute atomic E-state index is 0.205. The van der Waals surface area contributed by atoms with Gasteiger partial charge in [-0.05, 0) is 36.1 Å². The van der Waals surface area contributed by atoms with Crippen LogP contribution < -0.4 is 10.2 Å². The number of nitrogens with one attached hydrogen (secondary N) is 1. The average molecular weight is 216 g/mol. The minimum atomic E-state index is 0.205. The van der Waals surface area contributed by atoms with Crippen molar-refractivity contribution >= 4 is 11.6 Å². The zero-order valence-corrected chi connectivity index (χ0v) is 9.49. The highest BCUT2D eigenvalue weighted by molar-refractivity contribution is 6.00. The summed E-state index contributed by atoms with van der Waals surface area (Å²) in [4.78, 5) is 13.3. The fourth-order valence-corrected chi connectivity index (χ4v) is 2.68. The molecule has 84 valence electrons. The van der Waals surface area contributed by atoms with E-state index in [2.05, 4.69) is 23.5 Å². The number of nitrogens with zero attached hydrogens (tertiary/aromatic N) is 1. The fraction of sp³-hybridized carbons (Fsp3) is 0.462. The van der Waals surface area contributed by atoms with E-state index >= 15 is 0 Å². The van der Waals surface area contributed by atoms with Crippen LogP contribution in [0.15, 0.2) is 18.2 Å². The lowest BCUT2D eigenvalue weighted by atomic mass is 9.96. The Kier molecular flexibility index (Phi) is 2.21. The normalized spacial score (nSPS) is 23.9. The maximum atomic E-state index is 11.6. The maximum Gasteiger partial charge on any atom is 0.231 e. The van der Waals surface area contributed by atoms with Gasteiger partial charge < -0.3 is 10.2 Å². The van der Waals surface area contributed by atoms with Crippen molar-refractivity contribution in [1.82, 2.24) is 5.32 Å². The van der Waals surface area contributed by atoms with Crippen molar-refractivity contribution in [2.75, 3.05) is 25.0 Å². The van der Waals surface area contributed by atoms with Crippen molar-refractivity contribution in [2.24, 2.45) is 0 Å². The monoisotopic (exact) mass is 216 g/mol. The molecule has 1 fully saturated rings. The summed E-state index contributed by atoms with van der Waals surface area (Å²) in [6.07, 6.45) is 1.78. The molecule has 1 N–H and O–H groups in total. The zero-order valence-electron chi connectivity index (χ0n) is 9.49. The summed E-state index contributed by atoms with van der Waals surface area (Å²) >= 11 is 0. The summed E-state index contributed by atoms with van der Waals surface area (Å²) in [5.74, 6) is 0.836. The first-order chi connectivity index (χ1) is 7.75. The highest BCUT2D eigenvalue weighted by Crippen LogP contribution is 2.32. The third-order valence-corrected chi connectivity index (χ3v) is 3.71. The molecule has 1 saturated heterocycles. The number of carbonyl (C=O) groups is 1. The highest BCUT2D eigenvalue weighted by Gasteiger charge is 2.25. The molecule has 3 nitrogen and oxygen atoms in total. The Morgan fingerprint density at radius 3 is 3.06 bits per heavy atom. The van der Waals surface area contributed by atoms with Gasteiger partial charge in [0.1, 0.15) is 0 Å². The number of hydrogen-bond acceptors (Lipinski definition) is 2. The van der Waals surface area contributed by atoms with E-state index in [1.165, 1.54) is 17.5 Å². The van der Waals surface area contributed by atoms with Gasteiger partial charge in [0.15, 0.2) is 0 Å². The standard InChI is InChI=1S/C13H16N2O/c1-15-12-3-2-9(10-4-5-14-8-10)6-11(12)7-13(15)16/h2-3,6,10,14H,4-5,7-8H2,1H3. The first-order valence-corrected chi connectivity index (χ1v) is 5.86. The van der Waals surface area contributed by atoms with Crippen LogP contribution in [0.4, 0.5) is 5.69 Å². The van der Waals surface area contributed by atoms with E-state index in [0.29, 0.717) is 12.3 Å². The summed E-state index contributed by atoms with van der Waals surface area (Å²) in [6.45, 7) is 2.18. The van der Waals surface area contributed by atoms with Crippen molar-refractivity contribution in [3.05, 3.63) is 29.3 Å². The second-order valence-corrected chi connectivity index (χ2v) is 4.71. The first kappa shape index (κ1) is 9.85. The van der Waals surface area contributed by atoms with Crippen molar-refractivity contribution in [2.45, 2.75) is 18.8 Å². The topological polar surface area (TPSA) is 32.3 Å². The van der Waals surface area contributed by atoms with Crippen LogP contribution >= 0.6 is 0 Å². The van der Waals surface area contributed by atoms with Crippen LogP contribution in [0.2, 0.25) is 0 Å². The third-order valence-electron chi connectivity index (χ3n) is 3.71. The summed E-state index contributed by atoms with van der Waals surface area (Å²) < 4.78 is 0. The van der Waals surface area contributed by atoms with Crippen molar-refractivity contribution in [3.63, 3.8) is 0 Å². The quantitative estimate of drug-likeness (QED) is 0.767. The smallest absolute Gasteiger partial charge is 0.231 e. The second kappa shape index (κ2) is 3.59. The molecule has 2 aliphatic heterocycles. The molecule has 3 rings (SSSR count).